The molecule has 3 heterocycles. The standard InChI is InChI=1S/C17H23ClN4O2/c18-14-8-13(20-11-4-2-1-3-5-11)16-17(21-14)22(10-19-16)15-7-6-12(9-23)24-15/h8,10-12,15,23H,1-7,9H2,(H,20,21)/t12-,15+/m0/s1. The number of anilines is 1. The van der Waals surface area contributed by atoms with Crippen LogP contribution in [0.15, 0.2) is 12.4 Å². The highest BCUT2D eigenvalue weighted by Crippen LogP contribution is 2.33. The monoisotopic (exact) mass is 350 g/mol. The molecule has 2 aromatic heterocycles. The van der Waals surface area contributed by atoms with Crippen molar-refractivity contribution in [3.8, 4) is 0 Å². The summed E-state index contributed by atoms with van der Waals surface area (Å²) < 4.78 is 7.80. The zero-order chi connectivity index (χ0) is 16.5. The lowest BCUT2D eigenvalue weighted by molar-refractivity contribution is -0.0207. The minimum atomic E-state index is -0.138. The van der Waals surface area contributed by atoms with E-state index < -0.39 is 0 Å². The number of hydrogen-bond donors (Lipinski definition) is 2. The second kappa shape index (κ2) is 6.86. The van der Waals surface area contributed by atoms with Crippen LogP contribution in [0.1, 0.15) is 51.2 Å². The number of nitrogens with zero attached hydrogens (tertiary/aromatic N) is 3. The van der Waals surface area contributed by atoms with Crippen LogP contribution >= 0.6 is 11.6 Å². The molecule has 2 fully saturated rings. The van der Waals surface area contributed by atoms with Crippen LogP contribution in [0, 0.1) is 0 Å². The fourth-order valence-electron chi connectivity index (χ4n) is 3.79. The van der Waals surface area contributed by atoms with Crippen molar-refractivity contribution in [2.24, 2.45) is 0 Å². The predicted octanol–water partition coefficient (Wildman–Crippen LogP) is 3.50. The van der Waals surface area contributed by atoms with Gasteiger partial charge in [-0.05, 0) is 25.7 Å². The number of aliphatic hydroxyl groups is 1. The van der Waals surface area contributed by atoms with Gasteiger partial charge in [-0.15, -0.1) is 0 Å². The Morgan fingerprint density at radius 1 is 1.25 bits per heavy atom. The Balaban J connectivity index is 1.64. The first-order valence-electron chi connectivity index (χ1n) is 8.80. The number of imidazole rings is 1. The molecular formula is C17H23ClN4O2. The molecule has 1 saturated carbocycles. The molecule has 0 bridgehead atoms. The summed E-state index contributed by atoms with van der Waals surface area (Å²) >= 11 is 6.26. The highest BCUT2D eigenvalue weighted by Gasteiger charge is 2.28. The molecule has 2 atom stereocenters. The highest BCUT2D eigenvalue weighted by molar-refractivity contribution is 6.30. The Kier molecular flexibility index (Phi) is 4.61. The minimum absolute atomic E-state index is 0.0474. The average Bonchev–Trinajstić information content (AvgIpc) is 3.22. The van der Waals surface area contributed by atoms with Gasteiger partial charge in [0, 0.05) is 12.1 Å². The first-order valence-corrected chi connectivity index (χ1v) is 9.18. The third kappa shape index (κ3) is 3.10. The second-order valence-corrected chi connectivity index (χ2v) is 7.16. The summed E-state index contributed by atoms with van der Waals surface area (Å²) in [5.74, 6) is 0. The van der Waals surface area contributed by atoms with Crippen molar-refractivity contribution in [3.05, 3.63) is 17.5 Å². The topological polar surface area (TPSA) is 72.2 Å². The Labute approximate surface area is 146 Å². The molecule has 1 aliphatic carbocycles. The van der Waals surface area contributed by atoms with Crippen LogP contribution in [0.25, 0.3) is 11.2 Å². The number of aromatic nitrogens is 3. The van der Waals surface area contributed by atoms with Gasteiger partial charge in [0.05, 0.1) is 24.7 Å². The van der Waals surface area contributed by atoms with Crippen molar-refractivity contribution in [3.63, 3.8) is 0 Å². The third-order valence-electron chi connectivity index (χ3n) is 5.06. The van der Waals surface area contributed by atoms with Gasteiger partial charge in [0.1, 0.15) is 16.9 Å². The zero-order valence-corrected chi connectivity index (χ0v) is 14.4. The van der Waals surface area contributed by atoms with Crippen molar-refractivity contribution in [2.75, 3.05) is 11.9 Å². The molecule has 6 nitrogen and oxygen atoms in total. The van der Waals surface area contributed by atoms with Crippen LogP contribution in [-0.4, -0.2) is 38.4 Å². The molecule has 0 unspecified atom stereocenters. The van der Waals surface area contributed by atoms with Crippen LogP contribution < -0.4 is 5.32 Å². The molecule has 24 heavy (non-hydrogen) atoms. The summed E-state index contributed by atoms with van der Waals surface area (Å²) in [6.07, 6.45) is 9.45. The number of fused-ring (bicyclic) bond motifs is 1. The van der Waals surface area contributed by atoms with Crippen LogP contribution in [-0.2, 0) is 4.74 Å². The van der Waals surface area contributed by atoms with Crippen LogP contribution in [0.2, 0.25) is 5.15 Å². The summed E-state index contributed by atoms with van der Waals surface area (Å²) in [4.78, 5) is 9.03. The van der Waals surface area contributed by atoms with Gasteiger partial charge in [0.25, 0.3) is 0 Å². The molecule has 2 aromatic rings. The maximum Gasteiger partial charge on any atom is 0.165 e. The maximum absolute atomic E-state index is 9.27. The normalized spacial score (nSPS) is 25.4. The van der Waals surface area contributed by atoms with Crippen molar-refractivity contribution >= 4 is 28.5 Å². The predicted molar refractivity (Wildman–Crippen MR) is 93.3 cm³/mol. The van der Waals surface area contributed by atoms with E-state index >= 15 is 0 Å². The largest absolute Gasteiger partial charge is 0.394 e. The van der Waals surface area contributed by atoms with E-state index in [1.807, 2.05) is 10.6 Å². The van der Waals surface area contributed by atoms with Gasteiger partial charge < -0.3 is 15.2 Å². The molecule has 130 valence electrons. The molecule has 7 heteroatoms. The Morgan fingerprint density at radius 2 is 2.08 bits per heavy atom. The molecule has 4 rings (SSSR count). The molecule has 0 spiro atoms. The van der Waals surface area contributed by atoms with Crippen molar-refractivity contribution in [1.29, 1.82) is 0 Å². The fourth-order valence-corrected chi connectivity index (χ4v) is 3.98. The summed E-state index contributed by atoms with van der Waals surface area (Å²) in [7, 11) is 0. The first kappa shape index (κ1) is 16.1. The second-order valence-electron chi connectivity index (χ2n) is 6.77. The van der Waals surface area contributed by atoms with Crippen molar-refractivity contribution in [1.82, 2.24) is 14.5 Å². The highest BCUT2D eigenvalue weighted by atomic mass is 35.5. The molecule has 2 aliphatic rings. The number of aliphatic hydroxyl groups excluding tert-OH is 1. The molecule has 2 N–H and O–H groups in total. The number of ether oxygens (including phenoxy) is 1. The van der Waals surface area contributed by atoms with E-state index in [1.165, 1.54) is 32.1 Å². The Hall–Kier alpha value is -1.37. The smallest absolute Gasteiger partial charge is 0.165 e. The SMILES string of the molecule is OC[C@@H]1CC[C@H](n2cnc3c(NC4CCCCC4)cc(Cl)nc32)O1. The molecule has 0 amide bonds. The number of hydrogen-bond acceptors (Lipinski definition) is 5. The lowest BCUT2D eigenvalue weighted by atomic mass is 9.95. The number of halogens is 1. The van der Waals surface area contributed by atoms with Gasteiger partial charge in [-0.1, -0.05) is 30.9 Å². The third-order valence-corrected chi connectivity index (χ3v) is 5.26. The number of pyridine rings is 1. The minimum Gasteiger partial charge on any atom is -0.394 e. The first-order chi connectivity index (χ1) is 11.7. The molecule has 0 radical (unpaired) electrons. The molecule has 1 aliphatic heterocycles. The van der Waals surface area contributed by atoms with Gasteiger partial charge in [-0.3, -0.25) is 4.57 Å². The summed E-state index contributed by atoms with van der Waals surface area (Å²) in [6.45, 7) is 0.0474. The van der Waals surface area contributed by atoms with E-state index in [9.17, 15) is 5.11 Å². The zero-order valence-electron chi connectivity index (χ0n) is 13.6. The van der Waals surface area contributed by atoms with E-state index in [4.69, 9.17) is 16.3 Å². The Morgan fingerprint density at radius 3 is 2.83 bits per heavy atom. The fraction of sp³-hybridized carbons (Fsp3) is 0.647. The molecule has 1 saturated heterocycles. The van der Waals surface area contributed by atoms with E-state index in [2.05, 4.69) is 15.3 Å². The average molecular weight is 351 g/mol. The van der Waals surface area contributed by atoms with Gasteiger partial charge >= 0.3 is 0 Å². The van der Waals surface area contributed by atoms with Crippen LogP contribution in [0.3, 0.4) is 0 Å². The molecule has 0 aromatic carbocycles. The van der Waals surface area contributed by atoms with E-state index in [-0.39, 0.29) is 18.9 Å². The summed E-state index contributed by atoms with van der Waals surface area (Å²) in [5.41, 5.74) is 2.53. The van der Waals surface area contributed by atoms with Gasteiger partial charge in [-0.25, -0.2) is 9.97 Å². The van der Waals surface area contributed by atoms with Gasteiger partial charge in [-0.2, -0.15) is 0 Å². The lowest BCUT2D eigenvalue weighted by Gasteiger charge is -2.24. The van der Waals surface area contributed by atoms with E-state index in [1.54, 1.807) is 6.33 Å². The number of nitrogens with one attached hydrogen (secondary N) is 1. The van der Waals surface area contributed by atoms with Crippen LogP contribution in [0.4, 0.5) is 5.69 Å². The van der Waals surface area contributed by atoms with Crippen molar-refractivity contribution < 1.29 is 9.84 Å². The number of rotatable bonds is 4. The van der Waals surface area contributed by atoms with Crippen molar-refractivity contribution in [2.45, 2.75) is 63.3 Å². The van der Waals surface area contributed by atoms with E-state index in [0.29, 0.717) is 11.2 Å². The lowest BCUT2D eigenvalue weighted by Crippen LogP contribution is -2.22. The maximum atomic E-state index is 9.27. The van der Waals surface area contributed by atoms with Gasteiger partial charge in [0.2, 0.25) is 0 Å². The summed E-state index contributed by atoms with van der Waals surface area (Å²) in [5, 5.41) is 13.3. The quantitative estimate of drug-likeness (QED) is 0.826. The van der Waals surface area contributed by atoms with Crippen LogP contribution in [0.5, 0.6) is 0 Å². The van der Waals surface area contributed by atoms with E-state index in [0.717, 1.165) is 29.7 Å². The van der Waals surface area contributed by atoms with Gasteiger partial charge in [0.15, 0.2) is 5.65 Å². The summed E-state index contributed by atoms with van der Waals surface area (Å²) in [6, 6.07) is 2.34. The Bertz CT molecular complexity index is 714. The molecular weight excluding hydrogens is 328 g/mol.